The van der Waals surface area contributed by atoms with Crippen LogP contribution >= 0.6 is 12.4 Å². The van der Waals surface area contributed by atoms with Gasteiger partial charge in [0, 0.05) is 25.8 Å². The molecule has 4 nitrogen and oxygen atoms in total. The topological polar surface area (TPSA) is 50.4 Å². The Kier molecular flexibility index (Phi) is 6.03. The first-order valence-electron chi connectivity index (χ1n) is 7.51. The quantitative estimate of drug-likeness (QED) is 0.876. The van der Waals surface area contributed by atoms with Crippen molar-refractivity contribution in [3.8, 4) is 0 Å². The van der Waals surface area contributed by atoms with Gasteiger partial charge in [-0.25, -0.2) is 0 Å². The first-order chi connectivity index (χ1) is 9.83. The standard InChI is InChI=1S/C16H22N2O2.ClH/c19-16(18-14-6-3-8-20-9-7-14)15-10-12-4-1-2-5-13(12)11-17-15;/h1-2,4-5,14-15,17H,3,6-11H2,(H,18,19);1H. The van der Waals surface area contributed by atoms with Gasteiger partial charge in [0.2, 0.25) is 5.91 Å². The molecule has 1 aromatic carbocycles. The highest BCUT2D eigenvalue weighted by Crippen LogP contribution is 2.17. The van der Waals surface area contributed by atoms with Crippen molar-refractivity contribution in [2.75, 3.05) is 13.2 Å². The van der Waals surface area contributed by atoms with E-state index in [4.69, 9.17) is 4.74 Å². The van der Waals surface area contributed by atoms with Crippen LogP contribution in [0.4, 0.5) is 0 Å². The number of amides is 1. The molecule has 5 heteroatoms. The van der Waals surface area contributed by atoms with Crippen LogP contribution < -0.4 is 10.6 Å². The molecule has 0 radical (unpaired) electrons. The van der Waals surface area contributed by atoms with Gasteiger partial charge in [0.1, 0.15) is 0 Å². The van der Waals surface area contributed by atoms with Gasteiger partial charge in [-0.3, -0.25) is 4.79 Å². The first-order valence-corrected chi connectivity index (χ1v) is 7.51. The molecule has 2 heterocycles. The molecular formula is C16H23ClN2O2. The summed E-state index contributed by atoms with van der Waals surface area (Å²) in [5, 5.41) is 6.51. The summed E-state index contributed by atoms with van der Waals surface area (Å²) in [6.07, 6.45) is 3.77. The molecular weight excluding hydrogens is 288 g/mol. The van der Waals surface area contributed by atoms with Crippen LogP contribution in [0.25, 0.3) is 0 Å². The molecule has 1 aromatic rings. The van der Waals surface area contributed by atoms with Crippen molar-refractivity contribution in [3.05, 3.63) is 35.4 Å². The van der Waals surface area contributed by atoms with E-state index in [2.05, 4.69) is 22.8 Å². The third kappa shape index (κ3) is 4.19. The van der Waals surface area contributed by atoms with Crippen LogP contribution in [0.1, 0.15) is 30.4 Å². The smallest absolute Gasteiger partial charge is 0.237 e. The van der Waals surface area contributed by atoms with Crippen molar-refractivity contribution in [1.29, 1.82) is 0 Å². The fourth-order valence-corrected chi connectivity index (χ4v) is 2.99. The Bertz CT molecular complexity index is 473. The maximum Gasteiger partial charge on any atom is 0.237 e. The fraction of sp³-hybridized carbons (Fsp3) is 0.562. The lowest BCUT2D eigenvalue weighted by Gasteiger charge is -2.27. The lowest BCUT2D eigenvalue weighted by molar-refractivity contribution is -0.124. The Morgan fingerprint density at radius 3 is 2.86 bits per heavy atom. The summed E-state index contributed by atoms with van der Waals surface area (Å²) < 4.78 is 5.43. The minimum Gasteiger partial charge on any atom is -0.381 e. The van der Waals surface area contributed by atoms with Gasteiger partial charge in [0.25, 0.3) is 0 Å². The number of carbonyl (C=O) groups excluding carboxylic acids is 1. The molecule has 3 rings (SSSR count). The van der Waals surface area contributed by atoms with E-state index in [0.717, 1.165) is 45.4 Å². The molecule has 2 atom stereocenters. The third-order valence-electron chi connectivity index (χ3n) is 4.20. The van der Waals surface area contributed by atoms with Crippen molar-refractivity contribution >= 4 is 18.3 Å². The molecule has 0 saturated carbocycles. The highest BCUT2D eigenvalue weighted by atomic mass is 35.5. The average Bonchev–Trinajstić information content (AvgIpc) is 2.75. The molecule has 1 amide bonds. The van der Waals surface area contributed by atoms with Gasteiger partial charge >= 0.3 is 0 Å². The van der Waals surface area contributed by atoms with Gasteiger partial charge in [-0.1, -0.05) is 24.3 Å². The van der Waals surface area contributed by atoms with Crippen LogP contribution in [0.3, 0.4) is 0 Å². The second-order valence-corrected chi connectivity index (χ2v) is 5.66. The highest BCUT2D eigenvalue weighted by Gasteiger charge is 2.25. The number of halogens is 1. The van der Waals surface area contributed by atoms with E-state index in [1.54, 1.807) is 0 Å². The number of nitrogens with one attached hydrogen (secondary N) is 2. The summed E-state index contributed by atoms with van der Waals surface area (Å²) in [6.45, 7) is 2.36. The van der Waals surface area contributed by atoms with Crippen molar-refractivity contribution < 1.29 is 9.53 Å². The monoisotopic (exact) mass is 310 g/mol. The molecule has 2 aliphatic rings. The molecule has 2 N–H and O–H groups in total. The number of rotatable bonds is 2. The highest BCUT2D eigenvalue weighted by molar-refractivity contribution is 5.85. The lowest BCUT2D eigenvalue weighted by atomic mass is 9.95. The fourth-order valence-electron chi connectivity index (χ4n) is 2.99. The molecule has 116 valence electrons. The zero-order chi connectivity index (χ0) is 13.8. The van der Waals surface area contributed by atoms with Gasteiger partial charge in [0.15, 0.2) is 0 Å². The summed E-state index contributed by atoms with van der Waals surface area (Å²) in [5.41, 5.74) is 2.59. The maximum absolute atomic E-state index is 12.4. The number of hydrogen-bond acceptors (Lipinski definition) is 3. The van der Waals surface area contributed by atoms with E-state index in [-0.39, 0.29) is 30.4 Å². The SMILES string of the molecule is Cl.O=C(NC1CCCOCC1)C1Cc2ccccc2CN1. The molecule has 0 bridgehead atoms. The largest absolute Gasteiger partial charge is 0.381 e. The minimum absolute atomic E-state index is 0. The summed E-state index contributed by atoms with van der Waals surface area (Å²) in [4.78, 5) is 12.4. The normalized spacial score (nSPS) is 25.1. The zero-order valence-corrected chi connectivity index (χ0v) is 13.0. The molecule has 2 unspecified atom stereocenters. The predicted octanol–water partition coefficient (Wildman–Crippen LogP) is 1.81. The summed E-state index contributed by atoms with van der Waals surface area (Å²) in [5.74, 6) is 0.131. The van der Waals surface area contributed by atoms with Gasteiger partial charge in [-0.2, -0.15) is 0 Å². The molecule has 1 saturated heterocycles. The molecule has 0 aliphatic carbocycles. The zero-order valence-electron chi connectivity index (χ0n) is 12.1. The number of hydrogen-bond donors (Lipinski definition) is 2. The number of fused-ring (bicyclic) bond motifs is 1. The van der Waals surface area contributed by atoms with E-state index in [9.17, 15) is 4.79 Å². The minimum atomic E-state index is -0.103. The lowest BCUT2D eigenvalue weighted by Crippen LogP contribution is -2.50. The summed E-state index contributed by atoms with van der Waals surface area (Å²) in [7, 11) is 0. The summed E-state index contributed by atoms with van der Waals surface area (Å²) in [6, 6.07) is 8.50. The second kappa shape index (κ2) is 7.78. The Morgan fingerprint density at radius 2 is 2.00 bits per heavy atom. The summed E-state index contributed by atoms with van der Waals surface area (Å²) >= 11 is 0. The first kappa shape index (κ1) is 16.3. The Balaban J connectivity index is 0.00000161. The van der Waals surface area contributed by atoms with Gasteiger partial charge in [-0.15, -0.1) is 12.4 Å². The Hall–Kier alpha value is -1.10. The van der Waals surface area contributed by atoms with E-state index >= 15 is 0 Å². The number of ether oxygens (including phenoxy) is 1. The average molecular weight is 311 g/mol. The molecule has 21 heavy (non-hydrogen) atoms. The van der Waals surface area contributed by atoms with E-state index < -0.39 is 0 Å². The Labute approximate surface area is 132 Å². The third-order valence-corrected chi connectivity index (χ3v) is 4.20. The predicted molar refractivity (Wildman–Crippen MR) is 84.6 cm³/mol. The second-order valence-electron chi connectivity index (χ2n) is 5.66. The van der Waals surface area contributed by atoms with Crippen LogP contribution in [0.15, 0.2) is 24.3 Å². The van der Waals surface area contributed by atoms with E-state index in [1.165, 1.54) is 11.1 Å². The molecule has 1 fully saturated rings. The van der Waals surface area contributed by atoms with Crippen LogP contribution in [-0.2, 0) is 22.5 Å². The van der Waals surface area contributed by atoms with Crippen LogP contribution in [0.2, 0.25) is 0 Å². The van der Waals surface area contributed by atoms with Crippen LogP contribution in [0, 0.1) is 0 Å². The van der Waals surface area contributed by atoms with Crippen molar-refractivity contribution in [1.82, 2.24) is 10.6 Å². The van der Waals surface area contributed by atoms with Gasteiger partial charge in [0.05, 0.1) is 6.04 Å². The number of carbonyl (C=O) groups is 1. The van der Waals surface area contributed by atoms with Gasteiger partial charge in [-0.05, 0) is 36.8 Å². The van der Waals surface area contributed by atoms with E-state index in [1.807, 2.05) is 12.1 Å². The number of benzene rings is 1. The van der Waals surface area contributed by atoms with Crippen molar-refractivity contribution in [2.45, 2.75) is 44.3 Å². The van der Waals surface area contributed by atoms with Crippen molar-refractivity contribution in [2.24, 2.45) is 0 Å². The van der Waals surface area contributed by atoms with Crippen LogP contribution in [-0.4, -0.2) is 31.2 Å². The van der Waals surface area contributed by atoms with Crippen molar-refractivity contribution in [3.63, 3.8) is 0 Å². The molecule has 0 aromatic heterocycles. The Morgan fingerprint density at radius 1 is 1.19 bits per heavy atom. The van der Waals surface area contributed by atoms with Gasteiger partial charge < -0.3 is 15.4 Å². The van der Waals surface area contributed by atoms with Crippen LogP contribution in [0.5, 0.6) is 0 Å². The molecule has 0 spiro atoms. The maximum atomic E-state index is 12.4. The molecule has 2 aliphatic heterocycles. The van der Waals surface area contributed by atoms with E-state index in [0.29, 0.717) is 0 Å².